The molecule has 0 bridgehead atoms. The predicted octanol–water partition coefficient (Wildman–Crippen LogP) is 2.38. The number of nitrogens with zero attached hydrogens (tertiary/aromatic N) is 1. The second-order valence-corrected chi connectivity index (χ2v) is 3.85. The third kappa shape index (κ3) is 3.11. The third-order valence-electron chi connectivity index (χ3n) is 2.50. The summed E-state index contributed by atoms with van der Waals surface area (Å²) in [6, 6.07) is 11.8. The molecule has 0 saturated heterocycles. The second-order valence-electron chi connectivity index (χ2n) is 3.85. The summed E-state index contributed by atoms with van der Waals surface area (Å²) in [6.45, 7) is 2.61. The number of carbonyl (C=O) groups is 1. The van der Waals surface area contributed by atoms with Crippen LogP contribution in [-0.4, -0.2) is 24.0 Å². The van der Waals surface area contributed by atoms with Crippen molar-refractivity contribution in [2.75, 3.05) is 13.2 Å². The molecule has 2 rings (SSSR count). The predicted molar refractivity (Wildman–Crippen MR) is 66.9 cm³/mol. The molecule has 0 unspecified atom stereocenters. The number of benzene rings is 1. The van der Waals surface area contributed by atoms with Gasteiger partial charge in [0.1, 0.15) is 6.61 Å². The molecular formula is C14H15NO2. The second kappa shape index (κ2) is 5.55. The van der Waals surface area contributed by atoms with Crippen LogP contribution in [0.15, 0.2) is 36.4 Å². The number of pyridine rings is 1. The van der Waals surface area contributed by atoms with E-state index >= 15 is 0 Å². The lowest BCUT2D eigenvalue weighted by atomic mass is 10.1. The Hall–Kier alpha value is -1.74. The fourth-order valence-corrected chi connectivity index (χ4v) is 1.68. The lowest BCUT2D eigenvalue weighted by Crippen LogP contribution is -2.12. The summed E-state index contributed by atoms with van der Waals surface area (Å²) in [5, 5.41) is 1.09. The third-order valence-corrected chi connectivity index (χ3v) is 2.50. The first-order chi connectivity index (χ1) is 8.29. The van der Waals surface area contributed by atoms with Crippen molar-refractivity contribution in [1.82, 2.24) is 4.98 Å². The molecule has 17 heavy (non-hydrogen) atoms. The molecule has 1 aromatic heterocycles. The smallest absolute Gasteiger partial charge is 0.164 e. The molecule has 88 valence electrons. The summed E-state index contributed by atoms with van der Waals surface area (Å²) in [5.74, 6) is 0.0645. The fourth-order valence-electron chi connectivity index (χ4n) is 1.68. The van der Waals surface area contributed by atoms with E-state index in [2.05, 4.69) is 4.98 Å². The molecule has 0 spiro atoms. The Morgan fingerprint density at radius 3 is 2.88 bits per heavy atom. The Bertz CT molecular complexity index is 522. The van der Waals surface area contributed by atoms with E-state index in [1.165, 1.54) is 0 Å². The molecule has 3 heteroatoms. The molecule has 0 amide bonds. The summed E-state index contributed by atoms with van der Waals surface area (Å²) in [5.41, 5.74) is 1.72. The minimum Gasteiger partial charge on any atom is -0.374 e. The van der Waals surface area contributed by atoms with Crippen molar-refractivity contribution in [2.24, 2.45) is 0 Å². The van der Waals surface area contributed by atoms with Gasteiger partial charge in [-0.1, -0.05) is 24.3 Å². The number of Topliss-reactive ketones (excluding diaryl/α,β-unsaturated/α-hetero) is 1. The number of ketones is 1. The monoisotopic (exact) mass is 229 g/mol. The van der Waals surface area contributed by atoms with Gasteiger partial charge in [-0.3, -0.25) is 9.78 Å². The number of carbonyl (C=O) groups excluding carboxylic acids is 1. The molecule has 0 saturated carbocycles. The van der Waals surface area contributed by atoms with Crippen molar-refractivity contribution >= 4 is 16.7 Å². The number of hydrogen-bond donors (Lipinski definition) is 0. The zero-order valence-electron chi connectivity index (χ0n) is 9.85. The van der Waals surface area contributed by atoms with E-state index in [-0.39, 0.29) is 12.4 Å². The average molecular weight is 229 g/mol. The first-order valence-corrected chi connectivity index (χ1v) is 5.73. The van der Waals surface area contributed by atoms with Crippen molar-refractivity contribution in [3.63, 3.8) is 0 Å². The number of ether oxygens (including phenoxy) is 1. The Kier molecular flexibility index (Phi) is 3.83. The van der Waals surface area contributed by atoms with Crippen LogP contribution in [0.2, 0.25) is 0 Å². The van der Waals surface area contributed by atoms with Crippen molar-refractivity contribution in [3.05, 3.63) is 42.1 Å². The summed E-state index contributed by atoms with van der Waals surface area (Å²) in [6.07, 6.45) is 0.338. The van der Waals surface area contributed by atoms with Gasteiger partial charge < -0.3 is 4.74 Å². The standard InChI is InChI=1S/C14H15NO2/c1-2-17-10-13(16)9-12-8-7-11-5-3-4-6-14(11)15-12/h3-8H,2,9-10H2,1H3. The normalized spacial score (nSPS) is 10.6. The van der Waals surface area contributed by atoms with E-state index in [0.29, 0.717) is 13.0 Å². The lowest BCUT2D eigenvalue weighted by molar-refractivity contribution is -0.122. The molecule has 1 aromatic carbocycles. The molecule has 0 aliphatic heterocycles. The van der Waals surface area contributed by atoms with Crippen LogP contribution in [0.25, 0.3) is 10.9 Å². The fraction of sp³-hybridized carbons (Fsp3) is 0.286. The van der Waals surface area contributed by atoms with Crippen molar-refractivity contribution < 1.29 is 9.53 Å². The molecule has 0 fully saturated rings. The number of para-hydroxylation sites is 1. The Morgan fingerprint density at radius 1 is 1.24 bits per heavy atom. The molecule has 2 aromatic rings. The van der Waals surface area contributed by atoms with Gasteiger partial charge in [0.2, 0.25) is 0 Å². The lowest BCUT2D eigenvalue weighted by Gasteiger charge is -2.03. The van der Waals surface area contributed by atoms with Crippen LogP contribution in [0.1, 0.15) is 12.6 Å². The van der Waals surface area contributed by atoms with Gasteiger partial charge in [0.15, 0.2) is 5.78 Å². The van der Waals surface area contributed by atoms with Crippen molar-refractivity contribution in [1.29, 1.82) is 0 Å². The van der Waals surface area contributed by atoms with Gasteiger partial charge in [-0.2, -0.15) is 0 Å². The highest BCUT2D eigenvalue weighted by Gasteiger charge is 2.05. The highest BCUT2D eigenvalue weighted by Crippen LogP contribution is 2.12. The van der Waals surface area contributed by atoms with Gasteiger partial charge in [0, 0.05) is 17.7 Å². The van der Waals surface area contributed by atoms with E-state index in [0.717, 1.165) is 16.6 Å². The quantitative estimate of drug-likeness (QED) is 0.790. The molecule has 1 heterocycles. The van der Waals surface area contributed by atoms with Crippen LogP contribution in [0.3, 0.4) is 0 Å². The Labute approximate surface area is 100 Å². The zero-order chi connectivity index (χ0) is 12.1. The molecule has 0 aliphatic carbocycles. The number of rotatable bonds is 5. The van der Waals surface area contributed by atoms with Gasteiger partial charge in [-0.15, -0.1) is 0 Å². The largest absolute Gasteiger partial charge is 0.374 e. The van der Waals surface area contributed by atoms with Gasteiger partial charge >= 0.3 is 0 Å². The highest BCUT2D eigenvalue weighted by molar-refractivity contribution is 5.83. The Balaban J connectivity index is 2.11. The molecule has 0 radical (unpaired) electrons. The van der Waals surface area contributed by atoms with E-state index in [1.54, 1.807) is 0 Å². The van der Waals surface area contributed by atoms with E-state index in [9.17, 15) is 4.79 Å². The first kappa shape index (κ1) is 11.7. The number of aromatic nitrogens is 1. The van der Waals surface area contributed by atoms with Crippen LogP contribution >= 0.6 is 0 Å². The van der Waals surface area contributed by atoms with Crippen LogP contribution in [0.4, 0.5) is 0 Å². The molecule has 0 atom stereocenters. The molecule has 0 N–H and O–H groups in total. The maximum Gasteiger partial charge on any atom is 0.164 e. The summed E-state index contributed by atoms with van der Waals surface area (Å²) in [7, 11) is 0. The zero-order valence-corrected chi connectivity index (χ0v) is 9.85. The van der Waals surface area contributed by atoms with Crippen LogP contribution in [0.5, 0.6) is 0 Å². The molecular weight excluding hydrogens is 214 g/mol. The maximum absolute atomic E-state index is 11.5. The topological polar surface area (TPSA) is 39.2 Å². The highest BCUT2D eigenvalue weighted by atomic mass is 16.5. The number of fused-ring (bicyclic) bond motifs is 1. The Morgan fingerprint density at radius 2 is 2.06 bits per heavy atom. The van der Waals surface area contributed by atoms with Crippen LogP contribution in [0, 0.1) is 0 Å². The van der Waals surface area contributed by atoms with E-state index in [4.69, 9.17) is 4.74 Å². The van der Waals surface area contributed by atoms with Crippen LogP contribution in [-0.2, 0) is 16.0 Å². The number of hydrogen-bond acceptors (Lipinski definition) is 3. The van der Waals surface area contributed by atoms with E-state index < -0.39 is 0 Å². The summed E-state index contributed by atoms with van der Waals surface area (Å²) >= 11 is 0. The average Bonchev–Trinajstić information content (AvgIpc) is 2.36. The summed E-state index contributed by atoms with van der Waals surface area (Å²) in [4.78, 5) is 16.0. The van der Waals surface area contributed by atoms with Gasteiger partial charge in [-0.05, 0) is 19.1 Å². The molecule has 3 nitrogen and oxygen atoms in total. The molecule has 0 aliphatic rings. The van der Waals surface area contributed by atoms with Crippen LogP contribution < -0.4 is 0 Å². The van der Waals surface area contributed by atoms with E-state index in [1.807, 2.05) is 43.3 Å². The first-order valence-electron chi connectivity index (χ1n) is 5.73. The SMILES string of the molecule is CCOCC(=O)Cc1ccc2ccccc2n1. The van der Waals surface area contributed by atoms with Gasteiger partial charge in [0.05, 0.1) is 11.9 Å². The van der Waals surface area contributed by atoms with Gasteiger partial charge in [-0.25, -0.2) is 0 Å². The minimum atomic E-state index is 0.0645. The van der Waals surface area contributed by atoms with Crippen molar-refractivity contribution in [3.8, 4) is 0 Å². The minimum absolute atomic E-state index is 0.0645. The summed E-state index contributed by atoms with van der Waals surface area (Å²) < 4.78 is 5.08. The van der Waals surface area contributed by atoms with Crippen molar-refractivity contribution in [2.45, 2.75) is 13.3 Å². The maximum atomic E-state index is 11.5. The van der Waals surface area contributed by atoms with Gasteiger partial charge in [0.25, 0.3) is 0 Å².